The average molecular weight is 427 g/mol. The molecule has 1 unspecified atom stereocenters. The van der Waals surface area contributed by atoms with E-state index in [1.54, 1.807) is 11.3 Å². The van der Waals surface area contributed by atoms with E-state index in [4.69, 9.17) is 9.31 Å². The summed E-state index contributed by atoms with van der Waals surface area (Å²) in [5, 5.41) is 5.56. The molecule has 2 heterocycles. The number of hydrogen-bond donors (Lipinski definition) is 1. The summed E-state index contributed by atoms with van der Waals surface area (Å²) < 4.78 is 14.8. The van der Waals surface area contributed by atoms with Crippen molar-refractivity contribution >= 4 is 51.5 Å². The molecule has 1 fully saturated rings. The second-order valence-electron chi connectivity index (χ2n) is 6.16. The van der Waals surface area contributed by atoms with Crippen molar-refractivity contribution in [1.29, 1.82) is 0 Å². The topological polar surface area (TPSA) is 30.5 Å². The Balaban J connectivity index is 1.75. The Kier molecular flexibility index (Phi) is 4.55. The Morgan fingerprint density at radius 1 is 1.14 bits per heavy atom. The Bertz CT molecular complexity index is 649. The highest BCUT2D eigenvalue weighted by Gasteiger charge is 2.54. The van der Waals surface area contributed by atoms with Gasteiger partial charge in [-0.15, -0.1) is 0 Å². The van der Waals surface area contributed by atoms with Crippen LogP contribution in [0.5, 0.6) is 0 Å². The summed E-state index contributed by atoms with van der Waals surface area (Å²) in [6, 6.07) is 12.4. The van der Waals surface area contributed by atoms with Gasteiger partial charge in [0.2, 0.25) is 0 Å². The van der Waals surface area contributed by atoms with Gasteiger partial charge in [0.1, 0.15) is 0 Å². The lowest BCUT2D eigenvalue weighted by Gasteiger charge is -2.36. The van der Waals surface area contributed by atoms with E-state index in [2.05, 4.69) is 72.3 Å². The molecule has 1 aliphatic rings. The van der Waals surface area contributed by atoms with Crippen molar-refractivity contribution in [3.8, 4) is 0 Å². The van der Waals surface area contributed by atoms with Gasteiger partial charge in [0, 0.05) is 20.6 Å². The summed E-state index contributed by atoms with van der Waals surface area (Å²) in [4.78, 5) is 0. The van der Waals surface area contributed by atoms with Crippen LogP contribution in [0.15, 0.2) is 41.8 Å². The van der Waals surface area contributed by atoms with Gasteiger partial charge in [-0.2, -0.15) is 11.3 Å². The zero-order valence-corrected chi connectivity index (χ0v) is 15.9. The Morgan fingerprint density at radius 2 is 1.91 bits per heavy atom. The van der Waals surface area contributed by atoms with E-state index in [0.29, 0.717) is 6.54 Å². The average Bonchev–Trinajstić information content (AvgIpc) is 3.06. The van der Waals surface area contributed by atoms with Crippen molar-refractivity contribution in [3.05, 3.63) is 45.3 Å². The lowest BCUT2D eigenvalue weighted by atomic mass is 9.87. The summed E-state index contributed by atoms with van der Waals surface area (Å²) in [7, 11) is -0.281. The van der Waals surface area contributed by atoms with Crippen LogP contribution in [-0.4, -0.2) is 24.9 Å². The van der Waals surface area contributed by atoms with E-state index < -0.39 is 5.60 Å². The van der Waals surface area contributed by atoms with Gasteiger partial charge in [0.25, 0.3) is 0 Å². The lowest BCUT2D eigenvalue weighted by molar-refractivity contribution is 0.00127. The number of benzene rings is 1. The number of nitrogens with one attached hydrogen (secondary N) is 1. The van der Waals surface area contributed by atoms with Crippen LogP contribution in [0.2, 0.25) is 0 Å². The molecule has 116 valence electrons. The van der Waals surface area contributed by atoms with Gasteiger partial charge in [-0.3, -0.25) is 0 Å². The second kappa shape index (κ2) is 6.15. The quantitative estimate of drug-likeness (QED) is 0.596. The van der Waals surface area contributed by atoms with Crippen molar-refractivity contribution in [3.63, 3.8) is 0 Å². The molecule has 3 nitrogen and oxygen atoms in total. The van der Waals surface area contributed by atoms with Crippen LogP contribution in [0.25, 0.3) is 0 Å². The fourth-order valence-corrected chi connectivity index (χ4v) is 3.72. The van der Waals surface area contributed by atoms with Gasteiger partial charge < -0.3 is 14.6 Å². The standard InChI is InChI=1S/C16H19BINO2S/c1-15(2)16(3,11-19-13-8-5-4-7-12(13)18)21-17(20-15)14-9-6-10-22-14/h4-10,19H,11H2,1-3H3. The van der Waals surface area contributed by atoms with Crippen molar-refractivity contribution in [2.75, 3.05) is 11.9 Å². The minimum absolute atomic E-state index is 0.281. The van der Waals surface area contributed by atoms with Crippen LogP contribution in [0, 0.1) is 3.57 Å². The number of hydrogen-bond acceptors (Lipinski definition) is 4. The monoisotopic (exact) mass is 427 g/mol. The van der Waals surface area contributed by atoms with Gasteiger partial charge in [0.15, 0.2) is 0 Å². The molecule has 1 aromatic carbocycles. The van der Waals surface area contributed by atoms with E-state index in [1.807, 2.05) is 18.2 Å². The molecule has 0 amide bonds. The van der Waals surface area contributed by atoms with Gasteiger partial charge in [-0.25, -0.2) is 0 Å². The third kappa shape index (κ3) is 3.06. The van der Waals surface area contributed by atoms with Crippen molar-refractivity contribution in [2.45, 2.75) is 32.0 Å². The fourth-order valence-electron chi connectivity index (χ4n) is 2.46. The maximum absolute atomic E-state index is 6.29. The van der Waals surface area contributed by atoms with E-state index >= 15 is 0 Å². The van der Waals surface area contributed by atoms with Crippen LogP contribution in [0.4, 0.5) is 5.69 Å². The third-order valence-electron chi connectivity index (χ3n) is 4.31. The molecular weight excluding hydrogens is 408 g/mol. The highest BCUT2D eigenvalue weighted by molar-refractivity contribution is 14.1. The summed E-state index contributed by atoms with van der Waals surface area (Å²) >= 11 is 4.01. The van der Waals surface area contributed by atoms with Crippen LogP contribution in [-0.2, 0) is 9.31 Å². The predicted octanol–water partition coefficient (Wildman–Crippen LogP) is 3.74. The van der Waals surface area contributed by atoms with Crippen molar-refractivity contribution in [2.24, 2.45) is 0 Å². The molecule has 0 spiro atoms. The first-order valence-electron chi connectivity index (χ1n) is 7.29. The van der Waals surface area contributed by atoms with Gasteiger partial charge in [0.05, 0.1) is 11.2 Å². The molecule has 1 N–H and O–H groups in total. The first-order valence-corrected chi connectivity index (χ1v) is 9.25. The second-order valence-corrected chi connectivity index (χ2v) is 8.30. The van der Waals surface area contributed by atoms with Gasteiger partial charge >= 0.3 is 7.12 Å². The highest BCUT2D eigenvalue weighted by atomic mass is 127. The van der Waals surface area contributed by atoms with Gasteiger partial charge in [-0.1, -0.05) is 24.3 Å². The minimum atomic E-state index is -0.402. The SMILES string of the molecule is CC1(C)OB(c2cccs2)OC1(C)CNc1ccccc1I. The molecule has 6 heteroatoms. The maximum atomic E-state index is 6.29. The van der Waals surface area contributed by atoms with Crippen molar-refractivity contribution < 1.29 is 9.31 Å². The number of halogens is 1. The predicted molar refractivity (Wildman–Crippen MR) is 102 cm³/mol. The Labute approximate surface area is 149 Å². The van der Waals surface area contributed by atoms with Crippen LogP contribution in [0.3, 0.4) is 0 Å². The number of para-hydroxylation sites is 1. The first kappa shape index (κ1) is 16.3. The van der Waals surface area contributed by atoms with Crippen LogP contribution in [0.1, 0.15) is 20.8 Å². The van der Waals surface area contributed by atoms with E-state index in [-0.39, 0.29) is 12.7 Å². The summed E-state index contributed by atoms with van der Waals surface area (Å²) in [5.74, 6) is 0. The Hall–Kier alpha value is -0.565. The normalized spacial score (nSPS) is 23.7. The molecule has 1 aromatic heterocycles. The zero-order valence-electron chi connectivity index (χ0n) is 12.9. The van der Waals surface area contributed by atoms with Crippen molar-refractivity contribution in [1.82, 2.24) is 0 Å². The molecule has 1 saturated heterocycles. The molecule has 0 aliphatic carbocycles. The molecule has 2 aromatic rings. The molecular formula is C16H19BINO2S. The molecule has 0 saturated carbocycles. The zero-order chi connectivity index (χ0) is 15.8. The number of anilines is 1. The first-order chi connectivity index (χ1) is 10.4. The fraction of sp³-hybridized carbons (Fsp3) is 0.375. The lowest BCUT2D eigenvalue weighted by Crippen LogP contribution is -2.50. The molecule has 0 radical (unpaired) electrons. The summed E-state index contributed by atoms with van der Waals surface area (Å²) in [5.41, 5.74) is 0.360. The molecule has 0 bridgehead atoms. The maximum Gasteiger partial charge on any atom is 0.505 e. The summed E-state index contributed by atoms with van der Waals surface area (Å²) in [6.07, 6.45) is 0. The molecule has 1 atom stereocenters. The smallest absolute Gasteiger partial charge is 0.399 e. The number of thiophene rings is 1. The van der Waals surface area contributed by atoms with Crippen LogP contribution < -0.4 is 10.1 Å². The Morgan fingerprint density at radius 3 is 2.59 bits per heavy atom. The van der Waals surface area contributed by atoms with Crippen LogP contribution >= 0.6 is 33.9 Å². The summed E-state index contributed by atoms with van der Waals surface area (Å²) in [6.45, 7) is 7.00. The number of rotatable bonds is 4. The van der Waals surface area contributed by atoms with Gasteiger partial charge in [-0.05, 0) is 60.9 Å². The minimum Gasteiger partial charge on any atom is -0.399 e. The van der Waals surface area contributed by atoms with E-state index in [1.165, 1.54) is 3.57 Å². The molecule has 1 aliphatic heterocycles. The largest absolute Gasteiger partial charge is 0.505 e. The highest BCUT2D eigenvalue weighted by Crippen LogP contribution is 2.37. The molecule has 22 heavy (non-hydrogen) atoms. The van der Waals surface area contributed by atoms with E-state index in [9.17, 15) is 0 Å². The third-order valence-corrected chi connectivity index (χ3v) is 6.14. The van der Waals surface area contributed by atoms with E-state index in [0.717, 1.165) is 10.5 Å². The molecule has 3 rings (SSSR count).